The SMILES string of the molecule is COc1ccc(CC(=O)N2CCN(c3ccc(C)c(C)c3)CC2)cc1. The van der Waals surface area contributed by atoms with E-state index in [4.69, 9.17) is 4.74 Å². The summed E-state index contributed by atoms with van der Waals surface area (Å²) in [5.41, 5.74) is 4.92. The third-order valence-corrected chi connectivity index (χ3v) is 5.00. The summed E-state index contributed by atoms with van der Waals surface area (Å²) in [6, 6.07) is 14.3. The van der Waals surface area contributed by atoms with Crippen molar-refractivity contribution in [1.82, 2.24) is 4.90 Å². The van der Waals surface area contributed by atoms with Gasteiger partial charge in [0.15, 0.2) is 0 Å². The summed E-state index contributed by atoms with van der Waals surface area (Å²) in [6.45, 7) is 7.61. The van der Waals surface area contributed by atoms with E-state index in [-0.39, 0.29) is 5.91 Å². The Morgan fingerprint density at radius 2 is 1.64 bits per heavy atom. The predicted octanol–water partition coefficient (Wildman–Crippen LogP) is 3.20. The lowest BCUT2D eigenvalue weighted by Gasteiger charge is -2.36. The molecule has 0 atom stereocenters. The molecule has 4 nitrogen and oxygen atoms in total. The number of methoxy groups -OCH3 is 1. The topological polar surface area (TPSA) is 32.8 Å². The minimum Gasteiger partial charge on any atom is -0.497 e. The number of benzene rings is 2. The molecule has 1 aliphatic rings. The maximum atomic E-state index is 12.5. The number of carbonyl (C=O) groups excluding carboxylic acids is 1. The van der Waals surface area contributed by atoms with Crippen LogP contribution in [0.15, 0.2) is 42.5 Å². The highest BCUT2D eigenvalue weighted by molar-refractivity contribution is 5.79. The van der Waals surface area contributed by atoms with Crippen LogP contribution in [0.3, 0.4) is 0 Å². The normalized spacial score (nSPS) is 14.5. The van der Waals surface area contributed by atoms with Gasteiger partial charge in [-0.05, 0) is 54.8 Å². The van der Waals surface area contributed by atoms with Crippen LogP contribution in [0.4, 0.5) is 5.69 Å². The molecule has 1 saturated heterocycles. The van der Waals surface area contributed by atoms with E-state index in [0.29, 0.717) is 6.42 Å². The largest absolute Gasteiger partial charge is 0.497 e. The molecule has 0 aliphatic carbocycles. The number of carbonyl (C=O) groups is 1. The molecule has 0 bridgehead atoms. The van der Waals surface area contributed by atoms with Crippen molar-refractivity contribution in [3.8, 4) is 5.75 Å². The van der Waals surface area contributed by atoms with Crippen molar-refractivity contribution in [3.63, 3.8) is 0 Å². The first-order valence-electron chi connectivity index (χ1n) is 8.80. The van der Waals surface area contributed by atoms with Crippen LogP contribution in [0.5, 0.6) is 5.75 Å². The zero-order valence-corrected chi connectivity index (χ0v) is 15.3. The number of hydrogen-bond acceptors (Lipinski definition) is 3. The molecule has 2 aromatic rings. The summed E-state index contributed by atoms with van der Waals surface area (Å²) in [5.74, 6) is 1.02. The molecule has 0 N–H and O–H groups in total. The van der Waals surface area contributed by atoms with Crippen molar-refractivity contribution in [1.29, 1.82) is 0 Å². The Morgan fingerprint density at radius 1 is 0.960 bits per heavy atom. The Hall–Kier alpha value is -2.49. The lowest BCUT2D eigenvalue weighted by atomic mass is 10.1. The molecule has 0 saturated carbocycles. The summed E-state index contributed by atoms with van der Waals surface area (Å²) < 4.78 is 5.16. The summed E-state index contributed by atoms with van der Waals surface area (Å²) in [7, 11) is 1.65. The number of rotatable bonds is 4. The van der Waals surface area contributed by atoms with Crippen molar-refractivity contribution >= 4 is 11.6 Å². The number of amides is 1. The molecule has 0 spiro atoms. The lowest BCUT2D eigenvalue weighted by Crippen LogP contribution is -2.49. The standard InChI is InChI=1S/C21H26N2O2/c1-16-4-7-19(14-17(16)2)22-10-12-23(13-11-22)21(24)15-18-5-8-20(25-3)9-6-18/h4-9,14H,10-13,15H2,1-3H3. The van der Waals surface area contributed by atoms with Crippen LogP contribution in [-0.4, -0.2) is 44.1 Å². The van der Waals surface area contributed by atoms with Gasteiger partial charge in [0.1, 0.15) is 5.75 Å². The molecule has 1 heterocycles. The summed E-state index contributed by atoms with van der Waals surface area (Å²) in [5, 5.41) is 0. The molecule has 1 fully saturated rings. The van der Waals surface area contributed by atoms with Gasteiger partial charge in [-0.3, -0.25) is 4.79 Å². The Bertz CT molecular complexity index is 732. The summed E-state index contributed by atoms with van der Waals surface area (Å²) >= 11 is 0. The van der Waals surface area contributed by atoms with Gasteiger partial charge in [-0.15, -0.1) is 0 Å². The average molecular weight is 338 g/mol. The van der Waals surface area contributed by atoms with E-state index in [1.54, 1.807) is 7.11 Å². The van der Waals surface area contributed by atoms with Crippen molar-refractivity contribution in [3.05, 3.63) is 59.2 Å². The van der Waals surface area contributed by atoms with Crippen molar-refractivity contribution in [2.45, 2.75) is 20.3 Å². The van der Waals surface area contributed by atoms with Gasteiger partial charge >= 0.3 is 0 Å². The highest BCUT2D eigenvalue weighted by Gasteiger charge is 2.21. The highest BCUT2D eigenvalue weighted by atomic mass is 16.5. The number of anilines is 1. The molecule has 4 heteroatoms. The van der Waals surface area contributed by atoms with Gasteiger partial charge in [0, 0.05) is 31.9 Å². The number of hydrogen-bond donors (Lipinski definition) is 0. The van der Waals surface area contributed by atoms with E-state index < -0.39 is 0 Å². The Morgan fingerprint density at radius 3 is 2.24 bits per heavy atom. The maximum Gasteiger partial charge on any atom is 0.227 e. The molecule has 0 aromatic heterocycles. The molecule has 2 aromatic carbocycles. The van der Waals surface area contributed by atoms with Gasteiger partial charge in [-0.25, -0.2) is 0 Å². The van der Waals surface area contributed by atoms with E-state index in [9.17, 15) is 4.79 Å². The maximum absolute atomic E-state index is 12.5. The smallest absolute Gasteiger partial charge is 0.227 e. The second-order valence-corrected chi connectivity index (χ2v) is 6.66. The lowest BCUT2D eigenvalue weighted by molar-refractivity contribution is -0.130. The van der Waals surface area contributed by atoms with Crippen molar-refractivity contribution < 1.29 is 9.53 Å². The molecular weight excluding hydrogens is 312 g/mol. The van der Waals surface area contributed by atoms with Crippen LogP contribution in [0.2, 0.25) is 0 Å². The Balaban J connectivity index is 1.55. The van der Waals surface area contributed by atoms with Crippen molar-refractivity contribution in [2.75, 3.05) is 38.2 Å². The van der Waals surface area contributed by atoms with E-state index in [0.717, 1.165) is 37.5 Å². The average Bonchev–Trinajstić information content (AvgIpc) is 2.65. The van der Waals surface area contributed by atoms with Gasteiger partial charge in [0.25, 0.3) is 0 Å². The van der Waals surface area contributed by atoms with Crippen molar-refractivity contribution in [2.24, 2.45) is 0 Å². The minimum atomic E-state index is 0.199. The van der Waals surface area contributed by atoms with Crippen LogP contribution in [0.1, 0.15) is 16.7 Å². The second kappa shape index (κ2) is 7.60. The number of ether oxygens (including phenoxy) is 1. The predicted molar refractivity (Wildman–Crippen MR) is 101 cm³/mol. The van der Waals surface area contributed by atoms with E-state index in [1.165, 1.54) is 16.8 Å². The van der Waals surface area contributed by atoms with Crippen LogP contribution < -0.4 is 9.64 Å². The second-order valence-electron chi connectivity index (χ2n) is 6.66. The summed E-state index contributed by atoms with van der Waals surface area (Å²) in [6.07, 6.45) is 0.452. The first-order chi connectivity index (χ1) is 12.1. The molecular formula is C21H26N2O2. The fourth-order valence-electron chi connectivity index (χ4n) is 3.17. The zero-order chi connectivity index (χ0) is 17.8. The summed E-state index contributed by atoms with van der Waals surface area (Å²) in [4.78, 5) is 16.9. The molecule has 132 valence electrons. The fraction of sp³-hybridized carbons (Fsp3) is 0.381. The third kappa shape index (κ3) is 4.13. The minimum absolute atomic E-state index is 0.199. The Kier molecular flexibility index (Phi) is 5.27. The van der Waals surface area contributed by atoms with Gasteiger partial charge in [-0.1, -0.05) is 18.2 Å². The van der Waals surface area contributed by atoms with Gasteiger partial charge in [-0.2, -0.15) is 0 Å². The van der Waals surface area contributed by atoms with Crippen LogP contribution in [0.25, 0.3) is 0 Å². The van der Waals surface area contributed by atoms with Gasteiger partial charge in [0.05, 0.1) is 13.5 Å². The molecule has 1 amide bonds. The molecule has 0 radical (unpaired) electrons. The molecule has 3 rings (SSSR count). The third-order valence-electron chi connectivity index (χ3n) is 5.00. The quantitative estimate of drug-likeness (QED) is 0.858. The number of piperazine rings is 1. The molecule has 25 heavy (non-hydrogen) atoms. The van der Waals surface area contributed by atoms with Gasteiger partial charge < -0.3 is 14.5 Å². The highest BCUT2D eigenvalue weighted by Crippen LogP contribution is 2.20. The fourth-order valence-corrected chi connectivity index (χ4v) is 3.17. The van der Waals surface area contributed by atoms with Gasteiger partial charge in [0.2, 0.25) is 5.91 Å². The molecule has 1 aliphatic heterocycles. The Labute approximate surface area is 150 Å². The first-order valence-corrected chi connectivity index (χ1v) is 8.80. The van der Waals surface area contributed by atoms with E-state index >= 15 is 0 Å². The molecule has 0 unspecified atom stereocenters. The first kappa shape index (κ1) is 17.3. The van der Waals surface area contributed by atoms with Crippen LogP contribution >= 0.6 is 0 Å². The van der Waals surface area contributed by atoms with Crippen LogP contribution in [-0.2, 0) is 11.2 Å². The monoisotopic (exact) mass is 338 g/mol. The zero-order valence-electron chi connectivity index (χ0n) is 15.3. The number of nitrogens with zero attached hydrogens (tertiary/aromatic N) is 2. The van der Waals surface area contributed by atoms with Crippen LogP contribution in [0, 0.1) is 13.8 Å². The number of aryl methyl sites for hydroxylation is 2. The van der Waals surface area contributed by atoms with E-state index in [2.05, 4.69) is 36.9 Å². The van der Waals surface area contributed by atoms with E-state index in [1.807, 2.05) is 29.2 Å².